The highest BCUT2D eigenvalue weighted by Gasteiger charge is 2.29. The van der Waals surface area contributed by atoms with Crippen LogP contribution in [0, 0.1) is 32.4 Å². The van der Waals surface area contributed by atoms with Gasteiger partial charge in [0.15, 0.2) is 5.65 Å². The molecule has 0 bridgehead atoms. The lowest BCUT2D eigenvalue weighted by atomic mass is 9.91. The van der Waals surface area contributed by atoms with Crippen LogP contribution in [0.25, 0.3) is 22.4 Å². The summed E-state index contributed by atoms with van der Waals surface area (Å²) >= 11 is 0. The van der Waals surface area contributed by atoms with E-state index in [4.69, 9.17) is 14.7 Å². The summed E-state index contributed by atoms with van der Waals surface area (Å²) < 4.78 is 34.4. The maximum absolute atomic E-state index is 14.8. The number of aromatic nitrogens is 5. The highest BCUT2D eigenvalue weighted by atomic mass is 19.1. The SMILES string of the molecule is Cc1cc([C@H]2C[C@@H](c3nc(-c4ccc(F)cc4F)c4nc(C)c(C)nc4n3)CCO2)ccn1. The fourth-order valence-electron chi connectivity index (χ4n) is 4.21. The predicted molar refractivity (Wildman–Crippen MR) is 120 cm³/mol. The van der Waals surface area contributed by atoms with Crippen molar-refractivity contribution in [2.24, 2.45) is 0 Å². The van der Waals surface area contributed by atoms with Crippen molar-refractivity contribution in [1.29, 1.82) is 0 Å². The van der Waals surface area contributed by atoms with Crippen molar-refractivity contribution < 1.29 is 13.5 Å². The topological polar surface area (TPSA) is 73.7 Å². The van der Waals surface area contributed by atoms with Gasteiger partial charge in [-0.1, -0.05) is 0 Å². The molecule has 0 N–H and O–H groups in total. The molecule has 1 aliphatic rings. The van der Waals surface area contributed by atoms with Crippen LogP contribution in [-0.4, -0.2) is 31.5 Å². The van der Waals surface area contributed by atoms with E-state index in [-0.39, 0.29) is 17.6 Å². The van der Waals surface area contributed by atoms with Crippen LogP contribution in [0.2, 0.25) is 0 Å². The molecule has 2 atom stereocenters. The first kappa shape index (κ1) is 21.5. The van der Waals surface area contributed by atoms with Crippen LogP contribution in [-0.2, 0) is 4.74 Å². The van der Waals surface area contributed by atoms with Crippen LogP contribution in [0.1, 0.15) is 53.3 Å². The van der Waals surface area contributed by atoms with E-state index in [0.717, 1.165) is 29.4 Å². The molecule has 0 aliphatic carbocycles. The van der Waals surface area contributed by atoms with Gasteiger partial charge in [0.05, 0.1) is 17.5 Å². The van der Waals surface area contributed by atoms with Crippen molar-refractivity contribution in [2.75, 3.05) is 6.61 Å². The average Bonchev–Trinajstić information content (AvgIpc) is 2.80. The van der Waals surface area contributed by atoms with Gasteiger partial charge < -0.3 is 4.74 Å². The minimum Gasteiger partial charge on any atom is -0.373 e. The van der Waals surface area contributed by atoms with Crippen LogP contribution in [0.4, 0.5) is 8.78 Å². The lowest BCUT2D eigenvalue weighted by Crippen LogP contribution is -2.21. The van der Waals surface area contributed by atoms with E-state index in [9.17, 15) is 8.78 Å². The van der Waals surface area contributed by atoms with E-state index >= 15 is 0 Å². The molecule has 1 fully saturated rings. The normalized spacial score (nSPS) is 18.6. The van der Waals surface area contributed by atoms with Gasteiger partial charge >= 0.3 is 0 Å². The van der Waals surface area contributed by atoms with Gasteiger partial charge in [0.2, 0.25) is 0 Å². The van der Waals surface area contributed by atoms with Crippen LogP contribution < -0.4 is 0 Å². The van der Waals surface area contributed by atoms with Crippen LogP contribution >= 0.6 is 0 Å². The monoisotopic (exact) mass is 447 g/mol. The number of rotatable bonds is 3. The quantitative estimate of drug-likeness (QED) is 0.423. The molecule has 8 heteroatoms. The molecular weight excluding hydrogens is 424 g/mol. The number of ether oxygens (including phenoxy) is 1. The van der Waals surface area contributed by atoms with E-state index in [1.165, 1.54) is 12.1 Å². The maximum atomic E-state index is 14.8. The first-order valence-electron chi connectivity index (χ1n) is 10.9. The van der Waals surface area contributed by atoms with E-state index in [1.807, 2.05) is 32.9 Å². The summed E-state index contributed by atoms with van der Waals surface area (Å²) in [5.41, 5.74) is 4.75. The van der Waals surface area contributed by atoms with Gasteiger partial charge in [-0.05, 0) is 63.4 Å². The summed E-state index contributed by atoms with van der Waals surface area (Å²) in [7, 11) is 0. The third-order valence-corrected chi connectivity index (χ3v) is 6.09. The van der Waals surface area contributed by atoms with Crippen molar-refractivity contribution in [3.8, 4) is 11.3 Å². The first-order chi connectivity index (χ1) is 15.9. The second-order valence-corrected chi connectivity index (χ2v) is 8.43. The Bertz CT molecular complexity index is 1360. The van der Waals surface area contributed by atoms with Gasteiger partial charge in [0.1, 0.15) is 28.7 Å². The molecular formula is C25H23F2N5O. The van der Waals surface area contributed by atoms with Gasteiger partial charge in [-0.3, -0.25) is 4.98 Å². The number of aryl methyl sites for hydroxylation is 3. The second kappa shape index (κ2) is 8.51. The molecule has 4 heterocycles. The molecule has 1 aromatic carbocycles. The average molecular weight is 447 g/mol. The van der Waals surface area contributed by atoms with Crippen LogP contribution in [0.15, 0.2) is 36.5 Å². The molecule has 0 amide bonds. The van der Waals surface area contributed by atoms with Crippen molar-refractivity contribution >= 4 is 11.2 Å². The Morgan fingerprint density at radius 1 is 0.939 bits per heavy atom. The van der Waals surface area contributed by atoms with Crippen molar-refractivity contribution in [3.05, 3.63) is 76.6 Å². The lowest BCUT2D eigenvalue weighted by molar-refractivity contribution is 0.00393. The molecule has 33 heavy (non-hydrogen) atoms. The van der Waals surface area contributed by atoms with Gasteiger partial charge in [-0.25, -0.2) is 28.7 Å². The first-order valence-corrected chi connectivity index (χ1v) is 10.9. The number of fused-ring (bicyclic) bond motifs is 1. The molecule has 0 saturated carbocycles. The summed E-state index contributed by atoms with van der Waals surface area (Å²) in [4.78, 5) is 22.9. The fraction of sp³-hybridized carbons (Fsp3) is 0.320. The lowest BCUT2D eigenvalue weighted by Gasteiger charge is -2.29. The number of benzene rings is 1. The van der Waals surface area contributed by atoms with E-state index in [2.05, 4.69) is 15.0 Å². The van der Waals surface area contributed by atoms with Gasteiger partial charge in [-0.15, -0.1) is 0 Å². The molecule has 3 aromatic heterocycles. The third-order valence-electron chi connectivity index (χ3n) is 6.09. The Balaban J connectivity index is 1.62. The van der Waals surface area contributed by atoms with E-state index < -0.39 is 11.6 Å². The van der Waals surface area contributed by atoms with Crippen LogP contribution in [0.3, 0.4) is 0 Å². The summed E-state index contributed by atoms with van der Waals surface area (Å²) in [5.74, 6) is -0.781. The van der Waals surface area contributed by atoms with Crippen molar-refractivity contribution in [1.82, 2.24) is 24.9 Å². The molecule has 1 aliphatic heterocycles. The van der Waals surface area contributed by atoms with Gasteiger partial charge in [-0.2, -0.15) is 0 Å². The number of hydrogen-bond acceptors (Lipinski definition) is 6. The highest BCUT2D eigenvalue weighted by Crippen LogP contribution is 2.38. The largest absolute Gasteiger partial charge is 0.373 e. The number of hydrogen-bond donors (Lipinski definition) is 0. The number of pyridine rings is 1. The van der Waals surface area contributed by atoms with Gasteiger partial charge in [0, 0.05) is 36.0 Å². The summed E-state index contributed by atoms with van der Waals surface area (Å²) in [6.07, 6.45) is 3.08. The molecule has 4 aromatic rings. The Kier molecular flexibility index (Phi) is 5.54. The summed E-state index contributed by atoms with van der Waals surface area (Å²) in [6, 6.07) is 7.44. The molecule has 0 unspecified atom stereocenters. The smallest absolute Gasteiger partial charge is 0.182 e. The minimum atomic E-state index is -0.696. The van der Waals surface area contributed by atoms with Crippen molar-refractivity contribution in [2.45, 2.75) is 45.6 Å². The Labute approximate surface area is 190 Å². The standard InChI is InChI=1S/C25H23F2N5O/c1-13-10-16(6-8-28-13)21-11-17(7-9-33-21)24-31-22(19-5-4-18(26)12-20(19)27)23-25(32-24)30-15(3)14(2)29-23/h4-6,8,10,12,17,21H,7,9,11H2,1-3H3/t17-,21+/m0/s1. The molecule has 168 valence electrons. The van der Waals surface area contributed by atoms with E-state index in [1.54, 1.807) is 6.20 Å². The molecule has 0 radical (unpaired) electrons. The predicted octanol–water partition coefficient (Wildman–Crippen LogP) is 5.32. The minimum absolute atomic E-state index is 0.00714. The molecule has 6 nitrogen and oxygen atoms in total. The molecule has 5 rings (SSSR count). The zero-order valence-electron chi connectivity index (χ0n) is 18.6. The third kappa shape index (κ3) is 4.18. The number of nitrogens with zero attached hydrogens (tertiary/aromatic N) is 5. The zero-order valence-corrected chi connectivity index (χ0v) is 18.6. The summed E-state index contributed by atoms with van der Waals surface area (Å²) in [6.45, 7) is 6.19. The zero-order chi connectivity index (χ0) is 23.1. The molecule has 1 saturated heterocycles. The van der Waals surface area contributed by atoms with Crippen molar-refractivity contribution in [3.63, 3.8) is 0 Å². The fourth-order valence-corrected chi connectivity index (χ4v) is 4.21. The Morgan fingerprint density at radius 3 is 2.55 bits per heavy atom. The Morgan fingerprint density at radius 2 is 1.76 bits per heavy atom. The highest BCUT2D eigenvalue weighted by molar-refractivity contribution is 5.87. The maximum Gasteiger partial charge on any atom is 0.182 e. The number of halogens is 2. The molecule has 0 spiro atoms. The second-order valence-electron chi connectivity index (χ2n) is 8.43. The Hall–Kier alpha value is -3.39. The van der Waals surface area contributed by atoms with Gasteiger partial charge in [0.25, 0.3) is 0 Å². The van der Waals surface area contributed by atoms with Crippen LogP contribution in [0.5, 0.6) is 0 Å². The van der Waals surface area contributed by atoms with E-state index in [0.29, 0.717) is 41.4 Å². The summed E-state index contributed by atoms with van der Waals surface area (Å²) in [5, 5.41) is 0.